The van der Waals surface area contributed by atoms with E-state index in [0.717, 1.165) is 24.3 Å². The first-order valence-electron chi connectivity index (χ1n) is 7.01. The van der Waals surface area contributed by atoms with Crippen LogP contribution < -0.4 is 5.32 Å². The summed E-state index contributed by atoms with van der Waals surface area (Å²) in [6, 6.07) is 11.1. The minimum absolute atomic E-state index is 0.228. The molecule has 0 aliphatic carbocycles. The minimum atomic E-state index is 0.228. The van der Waals surface area contributed by atoms with Crippen LogP contribution in [0, 0.1) is 0 Å². The van der Waals surface area contributed by atoms with E-state index in [1.807, 2.05) is 25.2 Å². The molecule has 2 aromatic rings. The second kappa shape index (κ2) is 6.22. The molecule has 3 nitrogen and oxygen atoms in total. The van der Waals surface area contributed by atoms with E-state index in [4.69, 9.17) is 4.42 Å². The highest BCUT2D eigenvalue weighted by molar-refractivity contribution is 5.77. The van der Waals surface area contributed by atoms with E-state index in [0.29, 0.717) is 6.04 Å². The number of fused-ring (bicyclic) bond motifs is 1. The molecule has 1 N–H and O–H groups in total. The molecule has 0 saturated heterocycles. The van der Waals surface area contributed by atoms with Crippen LogP contribution in [0.1, 0.15) is 32.1 Å². The van der Waals surface area contributed by atoms with Gasteiger partial charge in [0, 0.05) is 18.0 Å². The van der Waals surface area contributed by atoms with Crippen LogP contribution in [0.5, 0.6) is 0 Å². The molecule has 2 rings (SSSR count). The summed E-state index contributed by atoms with van der Waals surface area (Å²) in [6.45, 7) is 5.42. The quantitative estimate of drug-likeness (QED) is 0.862. The zero-order valence-corrected chi connectivity index (χ0v) is 12.3. The van der Waals surface area contributed by atoms with Crippen LogP contribution in [0.25, 0.3) is 11.0 Å². The van der Waals surface area contributed by atoms with Gasteiger partial charge in [0.05, 0.1) is 6.04 Å². The molecule has 0 saturated carbocycles. The smallest absolute Gasteiger partial charge is 0.134 e. The fraction of sp³-hybridized carbons (Fsp3) is 0.500. The first-order valence-corrected chi connectivity index (χ1v) is 7.01. The van der Waals surface area contributed by atoms with E-state index in [9.17, 15) is 0 Å². The second-order valence-corrected chi connectivity index (χ2v) is 5.22. The van der Waals surface area contributed by atoms with Crippen LogP contribution in [-0.2, 0) is 0 Å². The van der Waals surface area contributed by atoms with Crippen LogP contribution in [0.2, 0.25) is 0 Å². The van der Waals surface area contributed by atoms with E-state index in [1.165, 1.54) is 5.39 Å². The molecule has 19 heavy (non-hydrogen) atoms. The number of likely N-dealkylation sites (N-methyl/N-ethyl adjacent to an activating group) is 2. The summed E-state index contributed by atoms with van der Waals surface area (Å²) in [7, 11) is 4.16. The SMILES string of the molecule is CCC(C)N(C)CC(NC)c1cc2ccccc2o1. The van der Waals surface area contributed by atoms with E-state index < -0.39 is 0 Å². The Bertz CT molecular complexity index is 487. The van der Waals surface area contributed by atoms with Gasteiger partial charge in [-0.25, -0.2) is 0 Å². The molecule has 0 amide bonds. The highest BCUT2D eigenvalue weighted by atomic mass is 16.3. The Labute approximate surface area is 115 Å². The fourth-order valence-electron chi connectivity index (χ4n) is 2.28. The molecule has 1 heterocycles. The number of hydrogen-bond donors (Lipinski definition) is 1. The van der Waals surface area contributed by atoms with Crippen molar-refractivity contribution in [2.45, 2.75) is 32.4 Å². The standard InChI is InChI=1S/C16H24N2O/c1-5-12(2)18(4)11-14(17-3)16-10-13-8-6-7-9-15(13)19-16/h6-10,12,14,17H,5,11H2,1-4H3. The van der Waals surface area contributed by atoms with Gasteiger partial charge in [0.2, 0.25) is 0 Å². The van der Waals surface area contributed by atoms with Gasteiger partial charge in [-0.3, -0.25) is 0 Å². The summed E-state index contributed by atoms with van der Waals surface area (Å²) in [5.41, 5.74) is 0.962. The van der Waals surface area contributed by atoms with Gasteiger partial charge in [-0.1, -0.05) is 25.1 Å². The summed E-state index contributed by atoms with van der Waals surface area (Å²) < 4.78 is 5.95. The molecule has 2 atom stereocenters. The highest BCUT2D eigenvalue weighted by Crippen LogP contribution is 2.24. The lowest BCUT2D eigenvalue weighted by Gasteiger charge is -2.27. The Hall–Kier alpha value is -1.32. The number of para-hydroxylation sites is 1. The molecule has 2 unspecified atom stereocenters. The molecule has 0 aliphatic rings. The molecule has 3 heteroatoms. The van der Waals surface area contributed by atoms with Crippen LogP contribution in [-0.4, -0.2) is 31.6 Å². The molecule has 0 fully saturated rings. The molecular formula is C16H24N2O. The van der Waals surface area contributed by atoms with Gasteiger partial charge in [-0.15, -0.1) is 0 Å². The van der Waals surface area contributed by atoms with Gasteiger partial charge in [0.25, 0.3) is 0 Å². The van der Waals surface area contributed by atoms with E-state index in [-0.39, 0.29) is 6.04 Å². The average molecular weight is 260 g/mol. The summed E-state index contributed by atoms with van der Waals surface area (Å²) in [5.74, 6) is 1.01. The number of nitrogens with one attached hydrogen (secondary N) is 1. The van der Waals surface area contributed by atoms with Crippen molar-refractivity contribution in [3.05, 3.63) is 36.1 Å². The maximum atomic E-state index is 5.95. The fourth-order valence-corrected chi connectivity index (χ4v) is 2.28. The number of hydrogen-bond acceptors (Lipinski definition) is 3. The van der Waals surface area contributed by atoms with Crippen molar-refractivity contribution in [3.63, 3.8) is 0 Å². The Morgan fingerprint density at radius 2 is 2.05 bits per heavy atom. The van der Waals surface area contributed by atoms with Crippen molar-refractivity contribution in [3.8, 4) is 0 Å². The predicted molar refractivity (Wildman–Crippen MR) is 80.4 cm³/mol. The molecular weight excluding hydrogens is 236 g/mol. The topological polar surface area (TPSA) is 28.4 Å². The number of nitrogens with zero attached hydrogens (tertiary/aromatic N) is 1. The van der Waals surface area contributed by atoms with Gasteiger partial charge >= 0.3 is 0 Å². The number of furan rings is 1. The third-order valence-corrected chi connectivity index (χ3v) is 3.95. The second-order valence-electron chi connectivity index (χ2n) is 5.22. The molecule has 1 aromatic heterocycles. The third kappa shape index (κ3) is 3.17. The maximum Gasteiger partial charge on any atom is 0.134 e. The Balaban J connectivity index is 2.17. The first kappa shape index (κ1) is 14.1. The van der Waals surface area contributed by atoms with E-state index in [2.05, 4.69) is 43.2 Å². The summed E-state index contributed by atoms with van der Waals surface area (Å²) in [4.78, 5) is 2.37. The Morgan fingerprint density at radius 1 is 1.32 bits per heavy atom. The summed E-state index contributed by atoms with van der Waals surface area (Å²) in [5, 5.41) is 4.52. The Morgan fingerprint density at radius 3 is 2.68 bits per heavy atom. The zero-order valence-electron chi connectivity index (χ0n) is 12.3. The van der Waals surface area contributed by atoms with Gasteiger partial charge in [0.15, 0.2) is 0 Å². The van der Waals surface area contributed by atoms with Crippen LogP contribution in [0.4, 0.5) is 0 Å². The molecule has 1 aromatic carbocycles. The average Bonchev–Trinajstić information content (AvgIpc) is 2.87. The largest absolute Gasteiger partial charge is 0.459 e. The minimum Gasteiger partial charge on any atom is -0.459 e. The van der Waals surface area contributed by atoms with Gasteiger partial charge in [0.1, 0.15) is 11.3 Å². The Kier molecular flexibility index (Phi) is 4.61. The summed E-state index contributed by atoms with van der Waals surface area (Å²) in [6.07, 6.45) is 1.16. The lowest BCUT2D eigenvalue weighted by molar-refractivity contribution is 0.218. The number of rotatable bonds is 6. The summed E-state index contributed by atoms with van der Waals surface area (Å²) >= 11 is 0. The molecule has 0 radical (unpaired) electrons. The van der Waals surface area contributed by atoms with Gasteiger partial charge < -0.3 is 14.6 Å². The van der Waals surface area contributed by atoms with Crippen LogP contribution in [0.3, 0.4) is 0 Å². The van der Waals surface area contributed by atoms with Gasteiger partial charge in [-0.05, 0) is 39.6 Å². The highest BCUT2D eigenvalue weighted by Gasteiger charge is 2.18. The van der Waals surface area contributed by atoms with Crippen molar-refractivity contribution < 1.29 is 4.42 Å². The van der Waals surface area contributed by atoms with Crippen LogP contribution in [0.15, 0.2) is 34.7 Å². The molecule has 0 aliphatic heterocycles. The monoisotopic (exact) mass is 260 g/mol. The first-order chi connectivity index (χ1) is 9.15. The van der Waals surface area contributed by atoms with Crippen molar-refractivity contribution in [2.75, 3.05) is 20.6 Å². The zero-order chi connectivity index (χ0) is 13.8. The number of benzene rings is 1. The maximum absolute atomic E-state index is 5.95. The molecule has 104 valence electrons. The van der Waals surface area contributed by atoms with Crippen molar-refractivity contribution in [1.29, 1.82) is 0 Å². The normalized spacial score (nSPS) is 15.0. The van der Waals surface area contributed by atoms with Crippen molar-refractivity contribution in [1.82, 2.24) is 10.2 Å². The van der Waals surface area contributed by atoms with Crippen molar-refractivity contribution >= 4 is 11.0 Å². The third-order valence-electron chi connectivity index (χ3n) is 3.95. The molecule has 0 bridgehead atoms. The predicted octanol–water partition coefficient (Wildman–Crippen LogP) is 3.42. The molecule has 0 spiro atoms. The lowest BCUT2D eigenvalue weighted by Crippen LogP contribution is -2.36. The van der Waals surface area contributed by atoms with Gasteiger partial charge in [-0.2, -0.15) is 0 Å². The van der Waals surface area contributed by atoms with Crippen molar-refractivity contribution in [2.24, 2.45) is 0 Å². The van der Waals surface area contributed by atoms with E-state index >= 15 is 0 Å². The lowest BCUT2D eigenvalue weighted by atomic mass is 10.1. The van der Waals surface area contributed by atoms with E-state index in [1.54, 1.807) is 0 Å². The van der Waals surface area contributed by atoms with Crippen LogP contribution >= 0.6 is 0 Å².